The first-order valence-electron chi connectivity index (χ1n) is 8.97. The highest BCUT2D eigenvalue weighted by Gasteiger charge is 2.44. The van der Waals surface area contributed by atoms with Crippen LogP contribution < -0.4 is 0 Å². The van der Waals surface area contributed by atoms with Crippen molar-refractivity contribution in [2.45, 2.75) is 53.8 Å². The summed E-state index contributed by atoms with van der Waals surface area (Å²) in [5.41, 5.74) is -0.132. The van der Waals surface area contributed by atoms with Crippen molar-refractivity contribution in [3.8, 4) is 0 Å². The van der Waals surface area contributed by atoms with E-state index in [0.717, 1.165) is 6.42 Å². The summed E-state index contributed by atoms with van der Waals surface area (Å²) in [5, 5.41) is 0. The minimum absolute atomic E-state index is 0.184. The SMILES string of the molecule is C=C(C)C(=O)OCC1(CC)COC(C(C)(CC)COC(=O)C(=C)C)OC1. The zero-order chi connectivity index (χ0) is 20.0. The smallest absolute Gasteiger partial charge is 0.333 e. The van der Waals surface area contributed by atoms with Crippen LogP contribution in [0.2, 0.25) is 0 Å². The van der Waals surface area contributed by atoms with Crippen LogP contribution in [0.25, 0.3) is 0 Å². The third-order valence-corrected chi connectivity index (χ3v) is 4.95. The van der Waals surface area contributed by atoms with E-state index in [-0.39, 0.29) is 18.6 Å². The van der Waals surface area contributed by atoms with Crippen molar-refractivity contribution >= 4 is 11.9 Å². The molecule has 0 amide bonds. The molecular formula is C20H32O6. The molecule has 1 rings (SSSR count). The van der Waals surface area contributed by atoms with Gasteiger partial charge in [0.1, 0.15) is 13.2 Å². The fraction of sp³-hybridized carbons (Fsp3) is 0.700. The molecule has 0 radical (unpaired) electrons. The lowest BCUT2D eigenvalue weighted by Crippen LogP contribution is -2.51. The number of hydrogen-bond donors (Lipinski definition) is 0. The summed E-state index contributed by atoms with van der Waals surface area (Å²) in [4.78, 5) is 23.3. The van der Waals surface area contributed by atoms with Crippen molar-refractivity contribution in [3.63, 3.8) is 0 Å². The van der Waals surface area contributed by atoms with Gasteiger partial charge in [0, 0.05) is 11.1 Å². The Bertz CT molecular complexity index is 545. The van der Waals surface area contributed by atoms with E-state index in [2.05, 4.69) is 13.2 Å². The molecule has 1 aliphatic rings. The minimum Gasteiger partial charge on any atom is -0.462 e. The monoisotopic (exact) mass is 368 g/mol. The molecule has 1 atom stereocenters. The number of carbonyl (C=O) groups is 2. The molecule has 0 N–H and O–H groups in total. The van der Waals surface area contributed by atoms with Gasteiger partial charge in [-0.25, -0.2) is 9.59 Å². The van der Waals surface area contributed by atoms with Gasteiger partial charge in [-0.15, -0.1) is 0 Å². The molecule has 0 bridgehead atoms. The lowest BCUT2D eigenvalue weighted by atomic mass is 9.83. The first kappa shape index (κ1) is 22.4. The van der Waals surface area contributed by atoms with Gasteiger partial charge in [0.05, 0.1) is 24.0 Å². The standard InChI is InChI=1S/C20H32O6/c1-8-19(7,10-23-16(21)14(3)4)18-25-12-20(9-2,13-26-18)11-24-17(22)15(5)6/h18H,3,5,8-13H2,1-2,4,6-7H3. The Morgan fingerprint density at radius 3 is 2.00 bits per heavy atom. The van der Waals surface area contributed by atoms with Gasteiger partial charge in [-0.05, 0) is 26.7 Å². The summed E-state index contributed by atoms with van der Waals surface area (Å²) in [6, 6.07) is 0. The molecule has 0 aromatic carbocycles. The van der Waals surface area contributed by atoms with Crippen LogP contribution in [-0.4, -0.2) is 44.7 Å². The number of esters is 2. The Morgan fingerprint density at radius 2 is 1.58 bits per heavy atom. The predicted octanol–water partition coefficient (Wildman–Crippen LogP) is 3.41. The molecule has 1 aliphatic heterocycles. The van der Waals surface area contributed by atoms with Crippen LogP contribution in [0, 0.1) is 10.8 Å². The molecule has 1 unspecified atom stereocenters. The highest BCUT2D eigenvalue weighted by molar-refractivity contribution is 5.87. The first-order chi connectivity index (χ1) is 12.1. The summed E-state index contributed by atoms with van der Waals surface area (Å²) >= 11 is 0. The molecule has 6 nitrogen and oxygen atoms in total. The molecule has 6 heteroatoms. The van der Waals surface area contributed by atoms with E-state index in [4.69, 9.17) is 18.9 Å². The number of ether oxygens (including phenoxy) is 4. The normalized spacial score (nSPS) is 25.0. The summed E-state index contributed by atoms with van der Waals surface area (Å²) in [6.07, 6.45) is 0.962. The van der Waals surface area contributed by atoms with E-state index >= 15 is 0 Å². The largest absolute Gasteiger partial charge is 0.462 e. The lowest BCUT2D eigenvalue weighted by molar-refractivity contribution is -0.284. The van der Waals surface area contributed by atoms with E-state index < -0.39 is 23.6 Å². The van der Waals surface area contributed by atoms with Crippen LogP contribution in [0.1, 0.15) is 47.5 Å². The summed E-state index contributed by atoms with van der Waals surface area (Å²) in [6.45, 7) is 17.6. The molecule has 0 aliphatic carbocycles. The van der Waals surface area contributed by atoms with Crippen LogP contribution in [0.3, 0.4) is 0 Å². The lowest BCUT2D eigenvalue weighted by Gasteiger charge is -2.44. The molecule has 1 saturated heterocycles. The quantitative estimate of drug-likeness (QED) is 0.459. The van der Waals surface area contributed by atoms with Crippen molar-refractivity contribution in [1.82, 2.24) is 0 Å². The van der Waals surface area contributed by atoms with E-state index in [1.807, 2.05) is 20.8 Å². The van der Waals surface area contributed by atoms with Crippen molar-refractivity contribution < 1.29 is 28.5 Å². The van der Waals surface area contributed by atoms with Gasteiger partial charge in [-0.2, -0.15) is 0 Å². The van der Waals surface area contributed by atoms with Crippen LogP contribution in [-0.2, 0) is 28.5 Å². The van der Waals surface area contributed by atoms with E-state index in [9.17, 15) is 9.59 Å². The van der Waals surface area contributed by atoms with Gasteiger partial charge in [0.25, 0.3) is 0 Å². The zero-order valence-corrected chi connectivity index (χ0v) is 16.7. The van der Waals surface area contributed by atoms with Gasteiger partial charge < -0.3 is 18.9 Å². The molecule has 0 aromatic rings. The average molecular weight is 368 g/mol. The number of rotatable bonds is 9. The number of hydrogen-bond acceptors (Lipinski definition) is 6. The third kappa shape index (κ3) is 5.68. The molecule has 26 heavy (non-hydrogen) atoms. The fourth-order valence-corrected chi connectivity index (χ4v) is 2.42. The maximum absolute atomic E-state index is 11.7. The molecule has 148 valence electrons. The van der Waals surface area contributed by atoms with Crippen LogP contribution in [0.15, 0.2) is 24.3 Å². The Labute approximate surface area is 156 Å². The van der Waals surface area contributed by atoms with Crippen LogP contribution in [0.5, 0.6) is 0 Å². The fourth-order valence-electron chi connectivity index (χ4n) is 2.42. The zero-order valence-electron chi connectivity index (χ0n) is 16.7. The maximum Gasteiger partial charge on any atom is 0.333 e. The molecule has 0 saturated carbocycles. The van der Waals surface area contributed by atoms with Gasteiger partial charge in [0.15, 0.2) is 6.29 Å². The highest BCUT2D eigenvalue weighted by atomic mass is 16.7. The first-order valence-corrected chi connectivity index (χ1v) is 8.97. The molecule has 0 aromatic heterocycles. The average Bonchev–Trinajstić information content (AvgIpc) is 2.63. The van der Waals surface area contributed by atoms with Gasteiger partial charge in [0.2, 0.25) is 0 Å². The van der Waals surface area contributed by atoms with E-state index in [1.165, 1.54) is 0 Å². The Balaban J connectivity index is 2.67. The third-order valence-electron chi connectivity index (χ3n) is 4.95. The highest BCUT2D eigenvalue weighted by Crippen LogP contribution is 2.37. The summed E-state index contributed by atoms with van der Waals surface area (Å²) in [5.74, 6) is -0.833. The topological polar surface area (TPSA) is 71.1 Å². The second-order valence-electron chi connectivity index (χ2n) is 7.53. The molecule has 0 spiro atoms. The Morgan fingerprint density at radius 1 is 1.08 bits per heavy atom. The van der Waals surface area contributed by atoms with Gasteiger partial charge in [-0.1, -0.05) is 33.9 Å². The van der Waals surface area contributed by atoms with Gasteiger partial charge >= 0.3 is 11.9 Å². The molecule has 1 fully saturated rings. The van der Waals surface area contributed by atoms with Crippen LogP contribution >= 0.6 is 0 Å². The van der Waals surface area contributed by atoms with Crippen molar-refractivity contribution in [2.24, 2.45) is 10.8 Å². The Kier molecular flexibility index (Phi) is 8.03. The number of carbonyl (C=O) groups excluding carboxylic acids is 2. The second kappa shape index (κ2) is 9.33. The molecular weight excluding hydrogens is 336 g/mol. The van der Waals surface area contributed by atoms with Crippen molar-refractivity contribution in [1.29, 1.82) is 0 Å². The molecule has 1 heterocycles. The van der Waals surface area contributed by atoms with Crippen molar-refractivity contribution in [3.05, 3.63) is 24.3 Å². The Hall–Kier alpha value is -1.66. The maximum atomic E-state index is 11.7. The summed E-state index contributed by atoms with van der Waals surface area (Å²) < 4.78 is 22.6. The minimum atomic E-state index is -0.498. The second-order valence-corrected chi connectivity index (χ2v) is 7.53. The summed E-state index contributed by atoms with van der Waals surface area (Å²) in [7, 11) is 0. The van der Waals surface area contributed by atoms with Gasteiger partial charge in [-0.3, -0.25) is 0 Å². The van der Waals surface area contributed by atoms with Crippen molar-refractivity contribution in [2.75, 3.05) is 26.4 Å². The van der Waals surface area contributed by atoms with E-state index in [0.29, 0.717) is 30.8 Å². The van der Waals surface area contributed by atoms with E-state index in [1.54, 1.807) is 13.8 Å². The predicted molar refractivity (Wildman–Crippen MR) is 98.4 cm³/mol. The van der Waals surface area contributed by atoms with Crippen LogP contribution in [0.4, 0.5) is 0 Å².